The Labute approximate surface area is 185 Å². The molecule has 10 nitrogen and oxygen atoms in total. The highest BCUT2D eigenvalue weighted by molar-refractivity contribution is 8.01. The van der Waals surface area contributed by atoms with E-state index in [4.69, 9.17) is 0 Å². The van der Waals surface area contributed by atoms with Crippen molar-refractivity contribution in [2.45, 2.75) is 45.2 Å². The zero-order valence-corrected chi connectivity index (χ0v) is 18.0. The van der Waals surface area contributed by atoms with E-state index in [1.807, 2.05) is 24.4 Å². The number of nitrogens with one attached hydrogen (secondary N) is 3. The Morgan fingerprint density at radius 1 is 1.23 bits per heavy atom. The second-order valence-electron chi connectivity index (χ2n) is 7.58. The number of hydrazine groups is 1. The van der Waals surface area contributed by atoms with Gasteiger partial charge in [-0.2, -0.15) is 4.41 Å². The molecular weight excluding hydrogens is 416 g/mol. The number of amides is 3. The van der Waals surface area contributed by atoms with E-state index in [2.05, 4.69) is 31.4 Å². The normalized spacial score (nSPS) is 15.4. The zero-order valence-electron chi connectivity index (χ0n) is 17.2. The lowest BCUT2D eigenvalue weighted by atomic mass is 10.2. The largest absolute Gasteiger partial charge is 0.350 e. The maximum Gasteiger partial charge on any atom is 0.347 e. The number of allylic oxidation sites excluding steroid dienone is 1. The molecule has 1 fully saturated rings. The van der Waals surface area contributed by atoms with Crippen molar-refractivity contribution in [3.8, 4) is 0 Å². The summed E-state index contributed by atoms with van der Waals surface area (Å²) in [5, 5.41) is 13.7. The van der Waals surface area contributed by atoms with Crippen LogP contribution in [0.15, 0.2) is 41.7 Å². The minimum absolute atomic E-state index is 0.154. The van der Waals surface area contributed by atoms with E-state index in [1.54, 1.807) is 17.1 Å². The quantitative estimate of drug-likeness (QED) is 0.381. The molecule has 1 saturated carbocycles. The molecule has 0 saturated heterocycles. The van der Waals surface area contributed by atoms with Crippen LogP contribution in [0.25, 0.3) is 0 Å². The first-order valence-electron chi connectivity index (χ1n) is 10.5. The topological polar surface area (TPSA) is 117 Å². The van der Waals surface area contributed by atoms with Gasteiger partial charge in [-0.3, -0.25) is 19.9 Å². The Bertz CT molecular complexity index is 928. The third kappa shape index (κ3) is 6.45. The van der Waals surface area contributed by atoms with Crippen LogP contribution in [0.1, 0.15) is 48.3 Å². The molecule has 4 rings (SSSR count). The molecule has 164 valence electrons. The van der Waals surface area contributed by atoms with Crippen LogP contribution < -0.4 is 16.1 Å². The van der Waals surface area contributed by atoms with E-state index in [0.717, 1.165) is 36.4 Å². The maximum atomic E-state index is 12.2. The number of hydrogen-bond donors (Lipinski definition) is 3. The van der Waals surface area contributed by atoms with Crippen LogP contribution in [-0.2, 0) is 13.1 Å². The number of pyridine rings is 1. The Morgan fingerprint density at radius 2 is 2.13 bits per heavy atom. The summed E-state index contributed by atoms with van der Waals surface area (Å²) >= 11 is 1.38. The second kappa shape index (κ2) is 10.3. The van der Waals surface area contributed by atoms with E-state index in [-0.39, 0.29) is 11.9 Å². The standard InChI is InChI=1S/C20H26N8O2S/c29-19(22-11-15-7-8-15)18-14-27(26-25-18)10-4-2-6-17-13-24-28(31-17)20(30)23-12-16-5-1-3-9-21-16/h1,3,5,9,13-15,24H,2,4,6-8,10-12H2,(H,22,29)(H,23,30). The van der Waals surface area contributed by atoms with Crippen molar-refractivity contribution in [1.29, 1.82) is 0 Å². The molecule has 0 unspecified atom stereocenters. The van der Waals surface area contributed by atoms with Crippen LogP contribution in [0.5, 0.6) is 0 Å². The highest BCUT2D eigenvalue weighted by Gasteiger charge is 2.23. The van der Waals surface area contributed by atoms with Gasteiger partial charge in [0.25, 0.3) is 5.91 Å². The van der Waals surface area contributed by atoms with Crippen LogP contribution in [0.2, 0.25) is 0 Å². The number of unbranched alkanes of at least 4 members (excludes halogenated alkanes) is 1. The number of rotatable bonds is 10. The molecule has 11 heteroatoms. The average Bonchev–Trinajstić information content (AvgIpc) is 3.29. The molecular formula is C20H26N8O2S. The summed E-state index contributed by atoms with van der Waals surface area (Å²) in [5.74, 6) is 0.484. The predicted molar refractivity (Wildman–Crippen MR) is 116 cm³/mol. The monoisotopic (exact) mass is 442 g/mol. The summed E-state index contributed by atoms with van der Waals surface area (Å²) < 4.78 is 3.18. The van der Waals surface area contributed by atoms with Crippen LogP contribution in [0.4, 0.5) is 4.79 Å². The molecule has 3 amide bonds. The van der Waals surface area contributed by atoms with Crippen LogP contribution in [-0.4, -0.2) is 42.9 Å². The summed E-state index contributed by atoms with van der Waals surface area (Å²) in [6.45, 7) is 1.81. The van der Waals surface area contributed by atoms with Crippen molar-refractivity contribution in [1.82, 2.24) is 40.5 Å². The lowest BCUT2D eigenvalue weighted by Crippen LogP contribution is -2.39. The van der Waals surface area contributed by atoms with Crippen LogP contribution in [0.3, 0.4) is 0 Å². The Balaban J connectivity index is 1.10. The third-order valence-corrected chi connectivity index (χ3v) is 5.97. The summed E-state index contributed by atoms with van der Waals surface area (Å²) in [7, 11) is 0. The van der Waals surface area contributed by atoms with Gasteiger partial charge in [-0.1, -0.05) is 11.3 Å². The first-order valence-corrected chi connectivity index (χ1v) is 11.2. The number of hydrogen-bond acceptors (Lipinski definition) is 7. The van der Waals surface area contributed by atoms with Gasteiger partial charge in [0, 0.05) is 42.3 Å². The molecule has 1 aliphatic carbocycles. The van der Waals surface area contributed by atoms with Gasteiger partial charge in [-0.05, 0) is 50.2 Å². The van der Waals surface area contributed by atoms with Crippen molar-refractivity contribution in [2.75, 3.05) is 6.54 Å². The molecule has 0 radical (unpaired) electrons. The van der Waals surface area contributed by atoms with E-state index >= 15 is 0 Å². The molecule has 1 aliphatic heterocycles. The van der Waals surface area contributed by atoms with Gasteiger partial charge in [0.05, 0.1) is 18.4 Å². The summed E-state index contributed by atoms with van der Waals surface area (Å²) in [6.07, 6.45) is 10.3. The lowest BCUT2D eigenvalue weighted by molar-refractivity contribution is 0.0946. The molecule has 0 aromatic carbocycles. The van der Waals surface area contributed by atoms with Crippen molar-refractivity contribution < 1.29 is 9.59 Å². The molecule has 0 spiro atoms. The number of carbonyl (C=O) groups excluding carboxylic acids is 2. The van der Waals surface area contributed by atoms with E-state index in [1.165, 1.54) is 29.2 Å². The molecule has 2 aliphatic rings. The molecule has 0 bridgehead atoms. The number of carbonyl (C=O) groups is 2. The Hall–Kier alpha value is -3.08. The molecule has 2 aromatic heterocycles. The summed E-state index contributed by atoms with van der Waals surface area (Å²) in [4.78, 5) is 29.5. The van der Waals surface area contributed by atoms with Gasteiger partial charge in [0.1, 0.15) is 0 Å². The first kappa shape index (κ1) is 21.2. The third-order valence-electron chi connectivity index (χ3n) is 4.96. The van der Waals surface area contributed by atoms with Gasteiger partial charge in [-0.15, -0.1) is 5.10 Å². The number of nitrogens with zero attached hydrogens (tertiary/aromatic N) is 5. The van der Waals surface area contributed by atoms with E-state index in [9.17, 15) is 9.59 Å². The van der Waals surface area contributed by atoms with Gasteiger partial charge in [0.15, 0.2) is 5.69 Å². The lowest BCUT2D eigenvalue weighted by Gasteiger charge is -2.15. The zero-order chi connectivity index (χ0) is 21.5. The Kier molecular flexibility index (Phi) is 7.03. The average molecular weight is 443 g/mol. The number of aryl methyl sites for hydroxylation is 1. The van der Waals surface area contributed by atoms with E-state index < -0.39 is 0 Å². The first-order chi connectivity index (χ1) is 15.2. The fourth-order valence-corrected chi connectivity index (χ4v) is 3.82. The minimum atomic E-state index is -0.211. The smallest absolute Gasteiger partial charge is 0.347 e. The molecule has 3 heterocycles. The highest BCUT2D eigenvalue weighted by Crippen LogP contribution is 2.29. The second-order valence-corrected chi connectivity index (χ2v) is 8.65. The van der Waals surface area contributed by atoms with Crippen LogP contribution in [0, 0.1) is 5.92 Å². The Morgan fingerprint density at radius 3 is 2.94 bits per heavy atom. The number of urea groups is 1. The van der Waals surface area contributed by atoms with Crippen LogP contribution >= 0.6 is 11.9 Å². The van der Waals surface area contributed by atoms with Crippen molar-refractivity contribution in [2.24, 2.45) is 5.92 Å². The van der Waals surface area contributed by atoms with Crippen molar-refractivity contribution >= 4 is 23.9 Å². The minimum Gasteiger partial charge on any atom is -0.350 e. The van der Waals surface area contributed by atoms with Gasteiger partial charge in [-0.25, -0.2) is 4.79 Å². The van der Waals surface area contributed by atoms with Gasteiger partial charge in [0.2, 0.25) is 0 Å². The van der Waals surface area contributed by atoms with Crippen molar-refractivity contribution in [3.05, 3.63) is 53.1 Å². The summed E-state index contributed by atoms with van der Waals surface area (Å²) in [5.41, 5.74) is 4.15. The maximum absolute atomic E-state index is 12.2. The van der Waals surface area contributed by atoms with E-state index in [0.29, 0.717) is 24.7 Å². The molecule has 2 aromatic rings. The fourth-order valence-electron chi connectivity index (χ4n) is 2.99. The number of aromatic nitrogens is 4. The van der Waals surface area contributed by atoms with Crippen molar-refractivity contribution in [3.63, 3.8) is 0 Å². The summed E-state index contributed by atoms with van der Waals surface area (Å²) in [6, 6.07) is 5.39. The SMILES string of the molecule is O=C(NCC1CC1)c1cn(CCCCC2=CNN(C(=O)NCc3ccccn3)S2)nn1. The van der Waals surface area contributed by atoms with Gasteiger partial charge >= 0.3 is 6.03 Å². The molecule has 3 N–H and O–H groups in total. The fraction of sp³-hybridized carbons (Fsp3) is 0.450. The highest BCUT2D eigenvalue weighted by atomic mass is 32.2. The van der Waals surface area contributed by atoms with Gasteiger partial charge < -0.3 is 10.6 Å². The molecule has 0 atom stereocenters. The predicted octanol–water partition coefficient (Wildman–Crippen LogP) is 2.20. The molecule has 31 heavy (non-hydrogen) atoms.